The second-order valence-electron chi connectivity index (χ2n) is 5.62. The fourth-order valence-electron chi connectivity index (χ4n) is 2.21. The van der Waals surface area contributed by atoms with E-state index in [-0.39, 0.29) is 16.9 Å². The Kier molecular flexibility index (Phi) is 5.61. The molecule has 0 saturated carbocycles. The number of nitrogens with one attached hydrogen (secondary N) is 1. The summed E-state index contributed by atoms with van der Waals surface area (Å²) in [6.45, 7) is 7.45. The molecule has 0 aliphatic heterocycles. The number of amides is 1. The van der Waals surface area contributed by atoms with Crippen molar-refractivity contribution in [1.82, 2.24) is 0 Å². The summed E-state index contributed by atoms with van der Waals surface area (Å²) in [6.07, 6.45) is 0. The highest BCUT2D eigenvalue weighted by molar-refractivity contribution is 8.00. The van der Waals surface area contributed by atoms with E-state index in [4.69, 9.17) is 0 Å². The molecule has 0 bridgehead atoms. The van der Waals surface area contributed by atoms with Gasteiger partial charge in [-0.1, -0.05) is 29.8 Å². The Bertz CT molecular complexity index is 740. The van der Waals surface area contributed by atoms with Crippen LogP contribution in [0.25, 0.3) is 0 Å². The zero-order chi connectivity index (χ0) is 17.0. The third kappa shape index (κ3) is 4.45. The maximum atomic E-state index is 12.4. The van der Waals surface area contributed by atoms with Crippen molar-refractivity contribution >= 4 is 29.1 Å². The number of hydrogen-bond acceptors (Lipinski definition) is 3. The van der Waals surface area contributed by atoms with Crippen molar-refractivity contribution in [2.45, 2.75) is 37.8 Å². The van der Waals surface area contributed by atoms with Gasteiger partial charge >= 0.3 is 0 Å². The number of rotatable bonds is 5. The molecule has 2 rings (SSSR count). The molecule has 120 valence electrons. The van der Waals surface area contributed by atoms with E-state index in [1.54, 1.807) is 18.2 Å². The predicted molar refractivity (Wildman–Crippen MR) is 96.3 cm³/mol. The first-order valence-corrected chi connectivity index (χ1v) is 8.41. The van der Waals surface area contributed by atoms with Crippen LogP contribution >= 0.6 is 11.8 Å². The van der Waals surface area contributed by atoms with E-state index in [1.165, 1.54) is 24.2 Å². The maximum Gasteiger partial charge on any atom is 0.237 e. The number of benzene rings is 2. The molecule has 0 aliphatic carbocycles. The summed E-state index contributed by atoms with van der Waals surface area (Å²) in [5, 5.41) is 2.61. The lowest BCUT2D eigenvalue weighted by Gasteiger charge is -2.15. The van der Waals surface area contributed by atoms with E-state index in [0.29, 0.717) is 11.3 Å². The van der Waals surface area contributed by atoms with Crippen molar-refractivity contribution < 1.29 is 9.59 Å². The largest absolute Gasteiger partial charge is 0.324 e. The molecule has 0 aliphatic rings. The van der Waals surface area contributed by atoms with E-state index in [9.17, 15) is 9.59 Å². The average Bonchev–Trinajstić information content (AvgIpc) is 2.51. The molecule has 1 N–H and O–H groups in total. The first kappa shape index (κ1) is 17.3. The van der Waals surface area contributed by atoms with Crippen molar-refractivity contribution in [2.75, 3.05) is 5.32 Å². The maximum absolute atomic E-state index is 12.4. The van der Waals surface area contributed by atoms with E-state index in [0.717, 1.165) is 10.5 Å². The highest BCUT2D eigenvalue weighted by Crippen LogP contribution is 2.28. The van der Waals surface area contributed by atoms with Gasteiger partial charge in [0.05, 0.1) is 10.9 Å². The van der Waals surface area contributed by atoms with Crippen LogP contribution in [0.2, 0.25) is 0 Å². The summed E-state index contributed by atoms with van der Waals surface area (Å²) < 4.78 is 0. The van der Waals surface area contributed by atoms with Gasteiger partial charge in [-0.25, -0.2) is 0 Å². The normalized spacial score (nSPS) is 11.8. The highest BCUT2D eigenvalue weighted by Gasteiger charge is 2.17. The van der Waals surface area contributed by atoms with Gasteiger partial charge in [0.15, 0.2) is 5.78 Å². The smallest absolute Gasteiger partial charge is 0.237 e. The van der Waals surface area contributed by atoms with Crippen LogP contribution in [0.3, 0.4) is 0 Å². The second-order valence-corrected chi connectivity index (χ2v) is 7.00. The number of Topliss-reactive ketones (excluding diaryl/α,β-unsaturated/α-hetero) is 1. The fraction of sp³-hybridized carbons (Fsp3) is 0.263. The van der Waals surface area contributed by atoms with E-state index in [2.05, 4.69) is 23.5 Å². The topological polar surface area (TPSA) is 46.2 Å². The number of ketones is 1. The number of anilines is 1. The standard InChI is InChI=1S/C19H21NO2S/c1-12-9-10-13(2)18(11-12)23-15(4)19(22)20-17-8-6-5-7-16(17)14(3)21/h5-11,15H,1-4H3,(H,20,22). The Morgan fingerprint density at radius 2 is 1.78 bits per heavy atom. The summed E-state index contributed by atoms with van der Waals surface area (Å²) >= 11 is 1.53. The SMILES string of the molecule is CC(=O)c1ccccc1NC(=O)C(C)Sc1cc(C)ccc1C. The molecular formula is C19H21NO2S. The Labute approximate surface area is 141 Å². The van der Waals surface area contributed by atoms with E-state index < -0.39 is 0 Å². The molecule has 0 spiro atoms. The number of hydrogen-bond donors (Lipinski definition) is 1. The fourth-order valence-corrected chi connectivity index (χ4v) is 3.27. The van der Waals surface area contributed by atoms with Gasteiger partial charge in [-0.15, -0.1) is 11.8 Å². The van der Waals surface area contributed by atoms with E-state index in [1.807, 2.05) is 26.8 Å². The summed E-state index contributed by atoms with van der Waals surface area (Å²) in [7, 11) is 0. The first-order valence-electron chi connectivity index (χ1n) is 7.53. The van der Waals surface area contributed by atoms with Gasteiger partial charge in [-0.2, -0.15) is 0 Å². The number of para-hydroxylation sites is 1. The average molecular weight is 327 g/mol. The van der Waals surface area contributed by atoms with E-state index >= 15 is 0 Å². The Hall–Kier alpha value is -2.07. The van der Waals surface area contributed by atoms with Crippen molar-refractivity contribution in [3.8, 4) is 0 Å². The molecule has 2 aromatic carbocycles. The number of carbonyl (C=O) groups excluding carboxylic acids is 2. The molecule has 2 aromatic rings. The Morgan fingerprint density at radius 3 is 2.48 bits per heavy atom. The van der Waals surface area contributed by atoms with Crippen LogP contribution in [0.15, 0.2) is 47.4 Å². The van der Waals surface area contributed by atoms with Crippen molar-refractivity contribution in [3.63, 3.8) is 0 Å². The van der Waals surface area contributed by atoms with Gasteiger partial charge in [-0.3, -0.25) is 9.59 Å². The summed E-state index contributed by atoms with van der Waals surface area (Å²) in [5.41, 5.74) is 3.43. The van der Waals surface area contributed by atoms with Crippen molar-refractivity contribution in [1.29, 1.82) is 0 Å². The summed E-state index contributed by atoms with van der Waals surface area (Å²) in [5.74, 6) is -0.166. The highest BCUT2D eigenvalue weighted by atomic mass is 32.2. The minimum Gasteiger partial charge on any atom is -0.324 e. The molecule has 23 heavy (non-hydrogen) atoms. The Balaban J connectivity index is 2.12. The number of carbonyl (C=O) groups is 2. The monoisotopic (exact) mass is 327 g/mol. The molecule has 1 atom stereocenters. The van der Waals surface area contributed by atoms with Gasteiger partial charge in [-0.05, 0) is 51.5 Å². The second kappa shape index (κ2) is 7.47. The van der Waals surface area contributed by atoms with Crippen LogP contribution in [0.5, 0.6) is 0 Å². The molecule has 0 aromatic heterocycles. The number of thioether (sulfide) groups is 1. The zero-order valence-corrected chi connectivity index (χ0v) is 14.7. The minimum atomic E-state index is -0.254. The lowest BCUT2D eigenvalue weighted by Crippen LogP contribution is -2.23. The van der Waals surface area contributed by atoms with Crippen LogP contribution < -0.4 is 5.32 Å². The molecule has 1 amide bonds. The molecule has 0 radical (unpaired) electrons. The Morgan fingerprint density at radius 1 is 1.09 bits per heavy atom. The molecule has 4 heteroatoms. The quantitative estimate of drug-likeness (QED) is 0.643. The number of aryl methyl sites for hydroxylation is 2. The van der Waals surface area contributed by atoms with Gasteiger partial charge in [0.2, 0.25) is 5.91 Å². The summed E-state index contributed by atoms with van der Waals surface area (Å²) in [4.78, 5) is 25.2. The lowest BCUT2D eigenvalue weighted by atomic mass is 10.1. The van der Waals surface area contributed by atoms with Gasteiger partial charge in [0.25, 0.3) is 0 Å². The van der Waals surface area contributed by atoms with Gasteiger partial charge < -0.3 is 5.32 Å². The zero-order valence-electron chi connectivity index (χ0n) is 13.8. The van der Waals surface area contributed by atoms with Crippen LogP contribution in [-0.2, 0) is 4.79 Å². The molecule has 0 heterocycles. The predicted octanol–water partition coefficient (Wildman–Crippen LogP) is 4.63. The van der Waals surface area contributed by atoms with Crippen LogP contribution in [0.4, 0.5) is 5.69 Å². The van der Waals surface area contributed by atoms with Crippen molar-refractivity contribution in [3.05, 3.63) is 59.2 Å². The summed E-state index contributed by atoms with van der Waals surface area (Å²) in [6, 6.07) is 13.3. The molecular weight excluding hydrogens is 306 g/mol. The van der Waals surface area contributed by atoms with Gasteiger partial charge in [0, 0.05) is 10.5 Å². The first-order chi connectivity index (χ1) is 10.9. The van der Waals surface area contributed by atoms with Crippen LogP contribution in [0, 0.1) is 13.8 Å². The third-order valence-corrected chi connectivity index (χ3v) is 4.84. The lowest BCUT2D eigenvalue weighted by molar-refractivity contribution is -0.115. The van der Waals surface area contributed by atoms with Crippen LogP contribution in [0.1, 0.15) is 35.3 Å². The van der Waals surface area contributed by atoms with Gasteiger partial charge in [0.1, 0.15) is 0 Å². The van der Waals surface area contributed by atoms with Crippen LogP contribution in [-0.4, -0.2) is 16.9 Å². The minimum absolute atomic E-state index is 0.0595. The molecule has 0 saturated heterocycles. The third-order valence-electron chi connectivity index (χ3n) is 3.58. The molecule has 3 nitrogen and oxygen atoms in total. The van der Waals surface area contributed by atoms with Crippen molar-refractivity contribution in [2.24, 2.45) is 0 Å². The molecule has 0 fully saturated rings. The molecule has 1 unspecified atom stereocenters.